The molecule has 4 heteroatoms. The number of hydrogen-bond donors (Lipinski definition) is 1. The first-order valence-corrected chi connectivity index (χ1v) is 8.11. The van der Waals surface area contributed by atoms with E-state index in [1.807, 2.05) is 12.4 Å². The lowest BCUT2D eigenvalue weighted by molar-refractivity contribution is 0.153. The molecule has 20 heavy (non-hydrogen) atoms. The van der Waals surface area contributed by atoms with E-state index in [1.54, 1.807) is 0 Å². The van der Waals surface area contributed by atoms with Gasteiger partial charge in [0.25, 0.3) is 0 Å². The molecule has 1 unspecified atom stereocenters. The van der Waals surface area contributed by atoms with E-state index in [2.05, 4.69) is 15.3 Å². The van der Waals surface area contributed by atoms with Gasteiger partial charge in [-0.15, -0.1) is 0 Å². The van der Waals surface area contributed by atoms with E-state index >= 15 is 0 Å². The summed E-state index contributed by atoms with van der Waals surface area (Å²) in [7, 11) is 0. The first-order chi connectivity index (χ1) is 9.92. The fraction of sp³-hybridized carbons (Fsp3) is 0.750. The van der Waals surface area contributed by atoms with Gasteiger partial charge in [-0.3, -0.25) is 0 Å². The Labute approximate surface area is 121 Å². The Kier molecular flexibility index (Phi) is 4.85. The molecule has 2 aliphatic rings. The number of hydrogen-bond acceptors (Lipinski definition) is 4. The number of rotatable bonds is 3. The molecule has 3 rings (SSSR count). The van der Waals surface area contributed by atoms with Crippen molar-refractivity contribution in [3.05, 3.63) is 18.2 Å². The predicted octanol–water partition coefficient (Wildman–Crippen LogP) is 3.05. The van der Waals surface area contributed by atoms with Gasteiger partial charge in [0.15, 0.2) is 5.75 Å². The van der Waals surface area contributed by atoms with Gasteiger partial charge in [0.2, 0.25) is 0 Å². The van der Waals surface area contributed by atoms with E-state index in [1.165, 1.54) is 51.4 Å². The molecule has 1 N–H and O–H groups in total. The third-order valence-electron chi connectivity index (χ3n) is 4.42. The molecule has 110 valence electrons. The Balaban J connectivity index is 1.58. The van der Waals surface area contributed by atoms with E-state index in [9.17, 15) is 0 Å². The van der Waals surface area contributed by atoms with Gasteiger partial charge in [-0.05, 0) is 45.1 Å². The zero-order valence-electron chi connectivity index (χ0n) is 12.2. The number of aromatic nitrogens is 2. The molecule has 0 aromatic carbocycles. The van der Waals surface area contributed by atoms with Gasteiger partial charge in [0.1, 0.15) is 5.82 Å². The minimum absolute atomic E-state index is 0.373. The van der Waals surface area contributed by atoms with Crippen molar-refractivity contribution in [3.8, 4) is 5.75 Å². The molecule has 1 aliphatic carbocycles. The van der Waals surface area contributed by atoms with Gasteiger partial charge in [-0.2, -0.15) is 0 Å². The molecule has 2 fully saturated rings. The lowest BCUT2D eigenvalue weighted by atomic mass is 9.98. The van der Waals surface area contributed by atoms with Gasteiger partial charge in [0.05, 0.1) is 18.5 Å². The third-order valence-corrected chi connectivity index (χ3v) is 4.42. The summed E-state index contributed by atoms with van der Waals surface area (Å²) < 4.78 is 5.98. The molecule has 1 saturated heterocycles. The molecular weight excluding hydrogens is 250 g/mol. The molecule has 1 aromatic heterocycles. The standard InChI is InChI=1S/C16H25N3O/c1-2-7-14(8-3-1)20-15-11-18-16(19-12-15)13-6-4-5-9-17-10-13/h11-14,17H,1-10H2. The van der Waals surface area contributed by atoms with Crippen molar-refractivity contribution in [3.63, 3.8) is 0 Å². The monoisotopic (exact) mass is 275 g/mol. The quantitative estimate of drug-likeness (QED) is 0.921. The number of nitrogens with zero attached hydrogens (tertiary/aromatic N) is 2. The highest BCUT2D eigenvalue weighted by molar-refractivity contribution is 5.14. The van der Waals surface area contributed by atoms with Crippen molar-refractivity contribution in [2.75, 3.05) is 13.1 Å². The number of ether oxygens (including phenoxy) is 1. The molecule has 1 atom stereocenters. The number of nitrogens with one attached hydrogen (secondary N) is 1. The molecule has 0 amide bonds. The second-order valence-electron chi connectivity index (χ2n) is 6.05. The topological polar surface area (TPSA) is 47.0 Å². The lowest BCUT2D eigenvalue weighted by Gasteiger charge is -2.22. The van der Waals surface area contributed by atoms with E-state index < -0.39 is 0 Å². The zero-order chi connectivity index (χ0) is 13.6. The molecule has 1 aromatic rings. The van der Waals surface area contributed by atoms with Crippen molar-refractivity contribution < 1.29 is 4.74 Å². The molecule has 4 nitrogen and oxygen atoms in total. The molecule has 1 aliphatic heterocycles. The highest BCUT2D eigenvalue weighted by atomic mass is 16.5. The van der Waals surface area contributed by atoms with Gasteiger partial charge >= 0.3 is 0 Å². The maximum Gasteiger partial charge on any atom is 0.156 e. The zero-order valence-corrected chi connectivity index (χ0v) is 12.2. The summed E-state index contributed by atoms with van der Waals surface area (Å²) >= 11 is 0. The average molecular weight is 275 g/mol. The second-order valence-corrected chi connectivity index (χ2v) is 6.05. The van der Waals surface area contributed by atoms with Gasteiger partial charge in [-0.25, -0.2) is 9.97 Å². The van der Waals surface area contributed by atoms with Crippen LogP contribution in [0.5, 0.6) is 5.75 Å². The van der Waals surface area contributed by atoms with E-state index in [0.717, 1.165) is 24.7 Å². The maximum atomic E-state index is 5.98. The highest BCUT2D eigenvalue weighted by Gasteiger charge is 2.18. The van der Waals surface area contributed by atoms with Gasteiger partial charge in [-0.1, -0.05) is 12.8 Å². The van der Waals surface area contributed by atoms with Crippen molar-refractivity contribution in [1.82, 2.24) is 15.3 Å². The van der Waals surface area contributed by atoms with Crippen LogP contribution in [0.2, 0.25) is 0 Å². The minimum atomic E-state index is 0.373. The Bertz CT molecular complexity index is 393. The highest BCUT2D eigenvalue weighted by Crippen LogP contribution is 2.24. The van der Waals surface area contributed by atoms with Crippen LogP contribution in [0, 0.1) is 0 Å². The molecule has 2 heterocycles. The van der Waals surface area contributed by atoms with Crippen LogP contribution in [0.1, 0.15) is 63.1 Å². The smallest absolute Gasteiger partial charge is 0.156 e. The van der Waals surface area contributed by atoms with E-state index in [0.29, 0.717) is 12.0 Å². The maximum absolute atomic E-state index is 5.98. The van der Waals surface area contributed by atoms with Crippen LogP contribution in [-0.2, 0) is 0 Å². The minimum Gasteiger partial charge on any atom is -0.487 e. The van der Waals surface area contributed by atoms with Crippen molar-refractivity contribution >= 4 is 0 Å². The van der Waals surface area contributed by atoms with Crippen molar-refractivity contribution in [2.24, 2.45) is 0 Å². The third kappa shape index (κ3) is 3.69. The predicted molar refractivity (Wildman–Crippen MR) is 79.0 cm³/mol. The van der Waals surface area contributed by atoms with Crippen LogP contribution in [-0.4, -0.2) is 29.2 Å². The lowest BCUT2D eigenvalue weighted by Crippen LogP contribution is -2.21. The summed E-state index contributed by atoms with van der Waals surface area (Å²) in [6.45, 7) is 2.13. The van der Waals surface area contributed by atoms with Crippen LogP contribution in [0.25, 0.3) is 0 Å². The van der Waals surface area contributed by atoms with Crippen LogP contribution in [0.15, 0.2) is 12.4 Å². The first-order valence-electron chi connectivity index (χ1n) is 8.11. The summed E-state index contributed by atoms with van der Waals surface area (Å²) in [5.41, 5.74) is 0. The van der Waals surface area contributed by atoms with Crippen molar-refractivity contribution in [2.45, 2.75) is 63.4 Å². The molecule has 0 spiro atoms. The fourth-order valence-corrected chi connectivity index (χ4v) is 3.21. The van der Waals surface area contributed by atoms with Crippen LogP contribution < -0.4 is 10.1 Å². The summed E-state index contributed by atoms with van der Waals surface area (Å²) in [5.74, 6) is 2.26. The molecule has 0 radical (unpaired) electrons. The largest absolute Gasteiger partial charge is 0.487 e. The Hall–Kier alpha value is -1.16. The van der Waals surface area contributed by atoms with Crippen LogP contribution in [0.4, 0.5) is 0 Å². The molecule has 0 bridgehead atoms. The summed E-state index contributed by atoms with van der Waals surface area (Å²) in [6.07, 6.45) is 14.1. The Morgan fingerprint density at radius 1 is 0.950 bits per heavy atom. The summed E-state index contributed by atoms with van der Waals surface area (Å²) in [5, 5.41) is 3.46. The SMILES string of the molecule is c1nc(C2CCCCNC2)ncc1OC1CCCCC1. The normalized spacial score (nSPS) is 25.1. The summed E-state index contributed by atoms with van der Waals surface area (Å²) in [4.78, 5) is 9.07. The van der Waals surface area contributed by atoms with Crippen LogP contribution in [0.3, 0.4) is 0 Å². The molecular formula is C16H25N3O. The Morgan fingerprint density at radius 2 is 1.70 bits per heavy atom. The fourth-order valence-electron chi connectivity index (χ4n) is 3.21. The van der Waals surface area contributed by atoms with Gasteiger partial charge in [0, 0.05) is 12.5 Å². The van der Waals surface area contributed by atoms with E-state index in [-0.39, 0.29) is 0 Å². The van der Waals surface area contributed by atoms with Gasteiger partial charge < -0.3 is 10.1 Å². The summed E-state index contributed by atoms with van der Waals surface area (Å²) in [6, 6.07) is 0. The van der Waals surface area contributed by atoms with Crippen molar-refractivity contribution in [1.29, 1.82) is 0 Å². The molecule has 1 saturated carbocycles. The first kappa shape index (κ1) is 13.8. The average Bonchev–Trinajstić information content (AvgIpc) is 2.78. The van der Waals surface area contributed by atoms with E-state index in [4.69, 9.17) is 4.74 Å². The second kappa shape index (κ2) is 7.02. The Morgan fingerprint density at radius 3 is 2.50 bits per heavy atom. The van der Waals surface area contributed by atoms with Crippen LogP contribution >= 0.6 is 0 Å².